The molecule has 1 spiro atoms. The van der Waals surface area contributed by atoms with E-state index in [4.69, 9.17) is 14.2 Å². The quantitative estimate of drug-likeness (QED) is 0.244. The summed E-state index contributed by atoms with van der Waals surface area (Å²) in [5.41, 5.74) is 1.19. The fraction of sp³-hybridized carbons (Fsp3) is 0.704. The van der Waals surface area contributed by atoms with Crippen LogP contribution in [0.1, 0.15) is 79.6 Å². The van der Waals surface area contributed by atoms with Crippen molar-refractivity contribution in [3.8, 4) is 0 Å². The highest BCUT2D eigenvalue weighted by atomic mass is 16.6. The van der Waals surface area contributed by atoms with Crippen LogP contribution < -0.4 is 5.32 Å². The maximum absolute atomic E-state index is 12.1. The standard InChI is InChI=1S/C27H41NO5/c1-19(7-14-24-16-27(18-31-27)17-26(4,5)33-24)6-9-22-10-12-23(13-11-22)28-25(30)15-8-20(2)32-21(3)29/h6-8,14-15,20,22-24H,9-13,16-18H2,1-5H3,(H,28,30)/t20?,22?,23?,24-,27-/m1/s1. The molecule has 1 N–H and O–H groups in total. The Kier molecular flexibility index (Phi) is 8.57. The summed E-state index contributed by atoms with van der Waals surface area (Å²) in [6.07, 6.45) is 16.7. The van der Waals surface area contributed by atoms with Crippen molar-refractivity contribution in [3.05, 3.63) is 36.0 Å². The summed E-state index contributed by atoms with van der Waals surface area (Å²) in [7, 11) is 0. The Hall–Kier alpha value is -1.92. The lowest BCUT2D eigenvalue weighted by Crippen LogP contribution is -2.43. The van der Waals surface area contributed by atoms with Crippen molar-refractivity contribution >= 4 is 11.9 Å². The molecule has 0 aromatic carbocycles. The second kappa shape index (κ2) is 11.0. The molecule has 1 amide bonds. The summed E-state index contributed by atoms with van der Waals surface area (Å²) in [5, 5.41) is 3.07. The lowest BCUT2D eigenvalue weighted by Gasteiger charge is -2.38. The number of carbonyl (C=O) groups is 2. The number of hydrogen-bond donors (Lipinski definition) is 1. The predicted molar refractivity (Wildman–Crippen MR) is 129 cm³/mol. The minimum atomic E-state index is -0.396. The zero-order valence-corrected chi connectivity index (χ0v) is 20.9. The molecule has 184 valence electrons. The van der Waals surface area contributed by atoms with Crippen LogP contribution in [0.2, 0.25) is 0 Å². The van der Waals surface area contributed by atoms with Gasteiger partial charge in [-0.2, -0.15) is 0 Å². The molecule has 2 heterocycles. The smallest absolute Gasteiger partial charge is 0.303 e. The maximum atomic E-state index is 12.1. The Morgan fingerprint density at radius 2 is 1.85 bits per heavy atom. The predicted octanol–water partition coefficient (Wildman–Crippen LogP) is 4.79. The van der Waals surface area contributed by atoms with Crippen LogP contribution >= 0.6 is 0 Å². The van der Waals surface area contributed by atoms with Crippen LogP contribution in [0.3, 0.4) is 0 Å². The number of carbonyl (C=O) groups excluding carboxylic acids is 2. The van der Waals surface area contributed by atoms with Gasteiger partial charge < -0.3 is 19.5 Å². The van der Waals surface area contributed by atoms with E-state index in [0.29, 0.717) is 5.92 Å². The second-order valence-corrected chi connectivity index (χ2v) is 10.7. The molecule has 3 atom stereocenters. The fourth-order valence-corrected chi connectivity index (χ4v) is 5.13. The monoisotopic (exact) mass is 459 g/mol. The largest absolute Gasteiger partial charge is 0.459 e. The van der Waals surface area contributed by atoms with E-state index >= 15 is 0 Å². The molecule has 0 bridgehead atoms. The minimum absolute atomic E-state index is 0.0544. The average molecular weight is 460 g/mol. The highest BCUT2D eigenvalue weighted by Gasteiger charge is 2.53. The number of amides is 1. The van der Waals surface area contributed by atoms with E-state index in [0.717, 1.165) is 51.6 Å². The first-order valence-electron chi connectivity index (χ1n) is 12.4. The number of ether oxygens (including phenoxy) is 3. The van der Waals surface area contributed by atoms with E-state index in [1.807, 2.05) is 0 Å². The molecule has 0 aromatic rings. The summed E-state index contributed by atoms with van der Waals surface area (Å²) >= 11 is 0. The van der Waals surface area contributed by atoms with Crippen LogP contribution in [0.4, 0.5) is 0 Å². The Bertz CT molecular complexity index is 778. The van der Waals surface area contributed by atoms with E-state index in [1.54, 1.807) is 13.0 Å². The van der Waals surface area contributed by atoms with Crippen LogP contribution in [0, 0.1) is 5.92 Å². The maximum Gasteiger partial charge on any atom is 0.303 e. The molecule has 3 rings (SSSR count). The van der Waals surface area contributed by atoms with Crippen molar-refractivity contribution < 1.29 is 23.8 Å². The zero-order chi connectivity index (χ0) is 24.1. The van der Waals surface area contributed by atoms with E-state index in [1.165, 1.54) is 18.6 Å². The number of hydrogen-bond acceptors (Lipinski definition) is 5. The van der Waals surface area contributed by atoms with Crippen LogP contribution in [0.15, 0.2) is 36.0 Å². The first-order chi connectivity index (χ1) is 15.5. The van der Waals surface area contributed by atoms with Gasteiger partial charge in [-0.25, -0.2) is 0 Å². The van der Waals surface area contributed by atoms with Crippen molar-refractivity contribution in [1.29, 1.82) is 0 Å². The third-order valence-electron chi connectivity index (χ3n) is 6.75. The number of esters is 1. The molecule has 1 saturated carbocycles. The highest BCUT2D eigenvalue weighted by Crippen LogP contribution is 2.46. The van der Waals surface area contributed by atoms with Gasteiger partial charge in [0.05, 0.1) is 23.9 Å². The summed E-state index contributed by atoms with van der Waals surface area (Å²) in [5.74, 6) is 0.192. The molecule has 0 radical (unpaired) electrons. The number of nitrogens with one attached hydrogen (secondary N) is 1. The summed E-state index contributed by atoms with van der Waals surface area (Å²) in [4.78, 5) is 23.0. The molecule has 0 aromatic heterocycles. The van der Waals surface area contributed by atoms with Crippen molar-refractivity contribution in [2.75, 3.05) is 6.61 Å². The van der Waals surface area contributed by atoms with E-state index in [-0.39, 0.29) is 35.2 Å². The van der Waals surface area contributed by atoms with Crippen LogP contribution in [-0.2, 0) is 23.8 Å². The third kappa shape index (κ3) is 8.74. The average Bonchev–Trinajstić information content (AvgIpc) is 3.46. The molecule has 3 aliphatic rings. The van der Waals surface area contributed by atoms with Crippen LogP contribution in [0.25, 0.3) is 0 Å². The Balaban J connectivity index is 1.36. The topological polar surface area (TPSA) is 77.2 Å². The summed E-state index contributed by atoms with van der Waals surface area (Å²) < 4.78 is 17.0. The van der Waals surface area contributed by atoms with Gasteiger partial charge in [0, 0.05) is 31.9 Å². The SMILES string of the molecule is CC(=O)OC(C)C=CC(=O)NC1CCC(CC=C(C)C=C[C@@H]2C[C@]3(CO3)CC(C)(C)O2)CC1. The fourth-order valence-electron chi connectivity index (χ4n) is 5.13. The van der Waals surface area contributed by atoms with E-state index < -0.39 is 6.10 Å². The molecular formula is C27H41NO5. The second-order valence-electron chi connectivity index (χ2n) is 10.7. The third-order valence-corrected chi connectivity index (χ3v) is 6.75. The van der Waals surface area contributed by atoms with Crippen molar-refractivity contribution in [2.24, 2.45) is 5.92 Å². The number of rotatable bonds is 8. The Morgan fingerprint density at radius 3 is 2.48 bits per heavy atom. The molecular weight excluding hydrogens is 418 g/mol. The highest BCUT2D eigenvalue weighted by molar-refractivity contribution is 5.87. The van der Waals surface area contributed by atoms with Crippen LogP contribution in [-0.4, -0.2) is 47.9 Å². The van der Waals surface area contributed by atoms with Gasteiger partial charge in [-0.05, 0) is 71.8 Å². The number of allylic oxidation sites excluding steroid dienone is 3. The van der Waals surface area contributed by atoms with Gasteiger partial charge in [-0.3, -0.25) is 9.59 Å². The summed E-state index contributed by atoms with van der Waals surface area (Å²) in [6, 6.07) is 0.219. The van der Waals surface area contributed by atoms with Gasteiger partial charge in [0.1, 0.15) is 6.10 Å². The minimum Gasteiger partial charge on any atom is -0.459 e. The van der Waals surface area contributed by atoms with Gasteiger partial charge in [-0.15, -0.1) is 0 Å². The lowest BCUT2D eigenvalue weighted by molar-refractivity contribution is -0.143. The Labute approximate surface area is 198 Å². The van der Waals surface area contributed by atoms with Crippen molar-refractivity contribution in [2.45, 2.75) is 109 Å². The van der Waals surface area contributed by atoms with Crippen molar-refractivity contribution in [1.82, 2.24) is 5.32 Å². The van der Waals surface area contributed by atoms with E-state index in [9.17, 15) is 9.59 Å². The molecule has 2 saturated heterocycles. The van der Waals surface area contributed by atoms with Gasteiger partial charge in [0.15, 0.2) is 0 Å². The van der Waals surface area contributed by atoms with Gasteiger partial charge >= 0.3 is 5.97 Å². The van der Waals surface area contributed by atoms with Crippen molar-refractivity contribution in [3.63, 3.8) is 0 Å². The number of epoxide rings is 1. The molecule has 2 aliphatic heterocycles. The van der Waals surface area contributed by atoms with Crippen LogP contribution in [0.5, 0.6) is 0 Å². The Morgan fingerprint density at radius 1 is 1.15 bits per heavy atom. The zero-order valence-electron chi connectivity index (χ0n) is 20.9. The van der Waals surface area contributed by atoms with Gasteiger partial charge in [0.2, 0.25) is 5.91 Å². The first-order valence-corrected chi connectivity index (χ1v) is 12.4. The lowest BCUT2D eigenvalue weighted by atomic mass is 9.83. The van der Waals surface area contributed by atoms with Gasteiger partial charge in [0.25, 0.3) is 0 Å². The normalized spacial score (nSPS) is 32.8. The van der Waals surface area contributed by atoms with E-state index in [2.05, 4.69) is 44.3 Å². The molecule has 3 fully saturated rings. The van der Waals surface area contributed by atoms with Gasteiger partial charge in [-0.1, -0.05) is 23.8 Å². The molecule has 6 heteroatoms. The molecule has 1 aliphatic carbocycles. The first kappa shape index (κ1) is 25.7. The summed E-state index contributed by atoms with van der Waals surface area (Å²) in [6.45, 7) is 10.4. The molecule has 6 nitrogen and oxygen atoms in total. The molecule has 33 heavy (non-hydrogen) atoms. The molecule has 1 unspecified atom stereocenters.